The molecular formula is C9H10F4N4. The van der Waals surface area contributed by atoms with Gasteiger partial charge in [-0.15, -0.1) is 0 Å². The van der Waals surface area contributed by atoms with Crippen molar-refractivity contribution in [3.05, 3.63) is 29.6 Å². The van der Waals surface area contributed by atoms with Gasteiger partial charge in [0.05, 0.1) is 5.56 Å². The molecule has 0 fully saturated rings. The Hall–Kier alpha value is -1.83. The second-order valence-corrected chi connectivity index (χ2v) is 3.03. The second kappa shape index (κ2) is 5.00. The lowest BCUT2D eigenvalue weighted by Crippen LogP contribution is -2.36. The molecule has 0 aromatic heterocycles. The van der Waals surface area contributed by atoms with Crippen LogP contribution in [0.4, 0.5) is 23.2 Å². The standard InChI is InChI=1S/C9H10F4N4/c1-15-8(17-14)16-5-2-3-7(10)6(4-5)9(11,12)13/h2-4H,14H2,1H3,(H2,15,16,17). The van der Waals surface area contributed by atoms with Crippen molar-refractivity contribution in [2.24, 2.45) is 10.8 Å². The van der Waals surface area contributed by atoms with Crippen LogP contribution in [0, 0.1) is 5.82 Å². The molecule has 1 rings (SSSR count). The topological polar surface area (TPSA) is 62.4 Å². The van der Waals surface area contributed by atoms with Gasteiger partial charge in [0.2, 0.25) is 5.96 Å². The number of nitrogens with zero attached hydrogens (tertiary/aromatic N) is 1. The van der Waals surface area contributed by atoms with Gasteiger partial charge in [-0.2, -0.15) is 13.2 Å². The minimum Gasteiger partial charge on any atom is -0.325 e. The van der Waals surface area contributed by atoms with Gasteiger partial charge < -0.3 is 5.32 Å². The van der Waals surface area contributed by atoms with Gasteiger partial charge in [-0.3, -0.25) is 10.4 Å². The molecule has 17 heavy (non-hydrogen) atoms. The van der Waals surface area contributed by atoms with Gasteiger partial charge in [0.1, 0.15) is 5.82 Å². The van der Waals surface area contributed by atoms with E-state index in [1.807, 2.05) is 0 Å². The van der Waals surface area contributed by atoms with E-state index in [1.54, 1.807) is 0 Å². The van der Waals surface area contributed by atoms with Crippen LogP contribution in [0.15, 0.2) is 23.2 Å². The lowest BCUT2D eigenvalue weighted by molar-refractivity contribution is -0.139. The Morgan fingerprint density at radius 3 is 2.47 bits per heavy atom. The maximum Gasteiger partial charge on any atom is 0.419 e. The van der Waals surface area contributed by atoms with Gasteiger partial charge in [-0.1, -0.05) is 0 Å². The van der Waals surface area contributed by atoms with Crippen LogP contribution in [0.3, 0.4) is 0 Å². The molecule has 0 aliphatic heterocycles. The molecule has 0 aliphatic carbocycles. The molecule has 0 saturated carbocycles. The Kier molecular flexibility index (Phi) is 3.89. The summed E-state index contributed by atoms with van der Waals surface area (Å²) in [4.78, 5) is 3.61. The summed E-state index contributed by atoms with van der Waals surface area (Å²) >= 11 is 0. The van der Waals surface area contributed by atoms with Crippen LogP contribution in [-0.2, 0) is 6.18 Å². The summed E-state index contributed by atoms with van der Waals surface area (Å²) < 4.78 is 50.1. The van der Waals surface area contributed by atoms with Crippen LogP contribution < -0.4 is 16.6 Å². The van der Waals surface area contributed by atoms with Crippen molar-refractivity contribution in [1.82, 2.24) is 5.43 Å². The molecule has 0 amide bonds. The number of aliphatic imine (C=N–C) groups is 1. The number of hydrazine groups is 1. The minimum atomic E-state index is -4.75. The Bertz CT molecular complexity index is 427. The maximum absolute atomic E-state index is 12.9. The Morgan fingerprint density at radius 2 is 2.00 bits per heavy atom. The van der Waals surface area contributed by atoms with Gasteiger partial charge in [0.25, 0.3) is 0 Å². The molecule has 1 aromatic carbocycles. The highest BCUT2D eigenvalue weighted by Gasteiger charge is 2.34. The van der Waals surface area contributed by atoms with E-state index in [0.29, 0.717) is 6.07 Å². The molecule has 0 saturated heterocycles. The zero-order valence-corrected chi connectivity index (χ0v) is 8.77. The number of nitrogens with one attached hydrogen (secondary N) is 2. The first-order valence-electron chi connectivity index (χ1n) is 4.45. The molecule has 0 aliphatic rings. The number of rotatable bonds is 1. The quantitative estimate of drug-likeness (QED) is 0.234. The molecule has 0 spiro atoms. The lowest BCUT2D eigenvalue weighted by Gasteiger charge is -2.12. The number of anilines is 1. The van der Waals surface area contributed by atoms with Crippen molar-refractivity contribution in [3.8, 4) is 0 Å². The Labute approximate surface area is 94.5 Å². The van der Waals surface area contributed by atoms with Crippen LogP contribution in [0.5, 0.6) is 0 Å². The molecule has 94 valence electrons. The van der Waals surface area contributed by atoms with E-state index in [0.717, 1.165) is 12.1 Å². The summed E-state index contributed by atoms with van der Waals surface area (Å²) in [6, 6.07) is 2.50. The Morgan fingerprint density at radius 1 is 1.35 bits per heavy atom. The monoisotopic (exact) mass is 250 g/mol. The van der Waals surface area contributed by atoms with Crippen molar-refractivity contribution in [2.75, 3.05) is 12.4 Å². The number of halogens is 4. The maximum atomic E-state index is 12.9. The number of hydrogen-bond donors (Lipinski definition) is 3. The van der Waals surface area contributed by atoms with Crippen molar-refractivity contribution in [1.29, 1.82) is 0 Å². The molecule has 1 aromatic rings. The number of benzene rings is 1. The van der Waals surface area contributed by atoms with E-state index < -0.39 is 17.6 Å². The van der Waals surface area contributed by atoms with Crippen molar-refractivity contribution >= 4 is 11.6 Å². The fraction of sp³-hybridized carbons (Fsp3) is 0.222. The third kappa shape index (κ3) is 3.31. The average Bonchev–Trinajstić information content (AvgIpc) is 2.26. The summed E-state index contributed by atoms with van der Waals surface area (Å²) in [6.45, 7) is 0. The van der Waals surface area contributed by atoms with Crippen LogP contribution in [0.25, 0.3) is 0 Å². The molecule has 8 heteroatoms. The highest BCUT2D eigenvalue weighted by molar-refractivity contribution is 5.93. The van der Waals surface area contributed by atoms with Crippen LogP contribution in [0.2, 0.25) is 0 Å². The summed E-state index contributed by atoms with van der Waals surface area (Å²) in [7, 11) is 1.39. The number of nitrogens with two attached hydrogens (primary N) is 1. The Balaban J connectivity index is 3.05. The van der Waals surface area contributed by atoms with Gasteiger partial charge in [0.15, 0.2) is 0 Å². The SMILES string of the molecule is CN=C(NN)Nc1ccc(F)c(C(F)(F)F)c1. The van der Waals surface area contributed by atoms with E-state index in [9.17, 15) is 17.6 Å². The zero-order valence-electron chi connectivity index (χ0n) is 8.77. The average molecular weight is 250 g/mol. The van der Waals surface area contributed by atoms with Crippen molar-refractivity contribution < 1.29 is 17.6 Å². The minimum absolute atomic E-state index is 0.0253. The lowest BCUT2D eigenvalue weighted by atomic mass is 10.2. The van der Waals surface area contributed by atoms with E-state index >= 15 is 0 Å². The van der Waals surface area contributed by atoms with E-state index in [2.05, 4.69) is 15.7 Å². The van der Waals surface area contributed by atoms with Crippen LogP contribution >= 0.6 is 0 Å². The van der Waals surface area contributed by atoms with Gasteiger partial charge in [-0.05, 0) is 18.2 Å². The first-order valence-corrected chi connectivity index (χ1v) is 4.45. The molecule has 0 bridgehead atoms. The van der Waals surface area contributed by atoms with E-state index in [1.165, 1.54) is 7.05 Å². The number of hydrogen-bond acceptors (Lipinski definition) is 2. The molecule has 0 unspecified atom stereocenters. The van der Waals surface area contributed by atoms with Crippen molar-refractivity contribution in [2.45, 2.75) is 6.18 Å². The van der Waals surface area contributed by atoms with Crippen LogP contribution in [-0.4, -0.2) is 13.0 Å². The highest BCUT2D eigenvalue weighted by Crippen LogP contribution is 2.32. The van der Waals surface area contributed by atoms with Crippen molar-refractivity contribution in [3.63, 3.8) is 0 Å². The molecule has 0 atom stereocenters. The largest absolute Gasteiger partial charge is 0.419 e. The normalized spacial score (nSPS) is 12.5. The summed E-state index contributed by atoms with van der Waals surface area (Å²) in [5.41, 5.74) is 0.810. The number of guanidine groups is 1. The predicted molar refractivity (Wildman–Crippen MR) is 55.7 cm³/mol. The van der Waals surface area contributed by atoms with E-state index in [4.69, 9.17) is 5.84 Å². The summed E-state index contributed by atoms with van der Waals surface area (Å²) in [5, 5.41) is 2.47. The second-order valence-electron chi connectivity index (χ2n) is 3.03. The third-order valence-electron chi connectivity index (χ3n) is 1.89. The number of alkyl halides is 3. The van der Waals surface area contributed by atoms with Gasteiger partial charge in [0, 0.05) is 12.7 Å². The smallest absolute Gasteiger partial charge is 0.325 e. The zero-order chi connectivity index (χ0) is 13.1. The molecular weight excluding hydrogens is 240 g/mol. The summed E-state index contributed by atoms with van der Waals surface area (Å²) in [5.74, 6) is 3.77. The van der Waals surface area contributed by atoms with Gasteiger partial charge in [-0.25, -0.2) is 10.2 Å². The van der Waals surface area contributed by atoms with Gasteiger partial charge >= 0.3 is 6.18 Å². The third-order valence-corrected chi connectivity index (χ3v) is 1.89. The van der Waals surface area contributed by atoms with E-state index in [-0.39, 0.29) is 11.6 Å². The molecule has 4 N–H and O–H groups in total. The first kappa shape index (κ1) is 13.2. The molecule has 4 nitrogen and oxygen atoms in total. The highest BCUT2D eigenvalue weighted by atomic mass is 19.4. The first-order chi connectivity index (χ1) is 7.88. The predicted octanol–water partition coefficient (Wildman–Crippen LogP) is 1.71. The fourth-order valence-electron chi connectivity index (χ4n) is 1.11. The fourth-order valence-corrected chi connectivity index (χ4v) is 1.11. The van der Waals surface area contributed by atoms with Crippen LogP contribution in [0.1, 0.15) is 5.56 Å². The summed E-state index contributed by atoms with van der Waals surface area (Å²) in [6.07, 6.45) is -4.75. The molecule has 0 heterocycles. The molecule has 0 radical (unpaired) electrons.